The van der Waals surface area contributed by atoms with Crippen LogP contribution in [0, 0.1) is 0 Å². The molecule has 0 bridgehead atoms. The number of ether oxygens (including phenoxy) is 2. The largest absolute Gasteiger partial charge is 0.410 e. The summed E-state index contributed by atoms with van der Waals surface area (Å²) in [6, 6.07) is 9.55. The first-order chi connectivity index (χ1) is 13.5. The molecule has 1 aliphatic heterocycles. The van der Waals surface area contributed by atoms with E-state index in [1.165, 1.54) is 29.7 Å². The van der Waals surface area contributed by atoms with Gasteiger partial charge in [-0.15, -0.1) is 11.3 Å². The highest BCUT2D eigenvalue weighted by atomic mass is 32.1. The van der Waals surface area contributed by atoms with E-state index in [-0.39, 0.29) is 5.75 Å². The normalized spacial score (nSPS) is 16.8. The lowest BCUT2D eigenvalue weighted by Crippen LogP contribution is -2.32. The number of rotatable bonds is 7. The van der Waals surface area contributed by atoms with Gasteiger partial charge >= 0.3 is 12.1 Å². The number of carbonyl (C=O) groups is 2. The standard InChI is InChI=1S/C19H24N4O4S/c1-26-11-14-3-2-8-23(14)10-12-4-6-13(7-5-12)16-9-15(27-19(21)25)17(28-16)22-18(20)24/h4-7,9,14H,2-3,8,10-11H2,1H3,(H2,21,25)(H3,20,22,24)/t14-/m0/s1. The molecule has 1 saturated heterocycles. The fraction of sp³-hybridized carbons (Fsp3) is 0.368. The predicted molar refractivity (Wildman–Crippen MR) is 108 cm³/mol. The van der Waals surface area contributed by atoms with Gasteiger partial charge in [-0.2, -0.15) is 0 Å². The second-order valence-corrected chi connectivity index (χ2v) is 7.69. The van der Waals surface area contributed by atoms with Gasteiger partial charge in [0.15, 0.2) is 5.75 Å². The zero-order valence-electron chi connectivity index (χ0n) is 15.6. The van der Waals surface area contributed by atoms with E-state index in [2.05, 4.69) is 22.3 Å². The fourth-order valence-corrected chi connectivity index (χ4v) is 4.39. The minimum atomic E-state index is -0.955. The van der Waals surface area contributed by atoms with Crippen molar-refractivity contribution in [3.63, 3.8) is 0 Å². The average molecular weight is 404 g/mol. The molecule has 9 heteroatoms. The van der Waals surface area contributed by atoms with E-state index in [0.717, 1.165) is 30.1 Å². The van der Waals surface area contributed by atoms with Crippen molar-refractivity contribution >= 4 is 28.5 Å². The van der Waals surface area contributed by atoms with Crippen molar-refractivity contribution in [2.75, 3.05) is 25.6 Å². The van der Waals surface area contributed by atoms with Crippen LogP contribution >= 0.6 is 11.3 Å². The summed E-state index contributed by atoms with van der Waals surface area (Å²) in [5.41, 5.74) is 12.4. The third-order valence-electron chi connectivity index (χ3n) is 4.63. The van der Waals surface area contributed by atoms with Crippen LogP contribution in [0.25, 0.3) is 10.4 Å². The monoisotopic (exact) mass is 404 g/mol. The first-order valence-electron chi connectivity index (χ1n) is 8.96. The van der Waals surface area contributed by atoms with Gasteiger partial charge in [0.05, 0.1) is 6.61 Å². The van der Waals surface area contributed by atoms with Gasteiger partial charge < -0.3 is 20.9 Å². The molecule has 0 radical (unpaired) electrons. The molecular formula is C19H24N4O4S. The van der Waals surface area contributed by atoms with Crippen molar-refractivity contribution in [1.29, 1.82) is 0 Å². The van der Waals surface area contributed by atoms with Crippen molar-refractivity contribution in [2.45, 2.75) is 25.4 Å². The molecule has 1 fully saturated rings. The van der Waals surface area contributed by atoms with Crippen LogP contribution in [-0.2, 0) is 11.3 Å². The molecule has 0 aliphatic carbocycles. The number of hydrogen-bond acceptors (Lipinski definition) is 6. The Bertz CT molecular complexity index is 803. The molecule has 0 saturated carbocycles. The van der Waals surface area contributed by atoms with Crippen LogP contribution in [0.4, 0.5) is 14.6 Å². The third kappa shape index (κ3) is 5.00. The molecular weight excluding hydrogens is 380 g/mol. The van der Waals surface area contributed by atoms with Crippen LogP contribution in [-0.4, -0.2) is 43.3 Å². The number of nitrogens with zero attached hydrogens (tertiary/aromatic N) is 1. The quantitative estimate of drug-likeness (QED) is 0.655. The van der Waals surface area contributed by atoms with Crippen molar-refractivity contribution in [3.05, 3.63) is 35.9 Å². The Hall–Kier alpha value is -2.62. The zero-order chi connectivity index (χ0) is 20.1. The molecule has 0 unspecified atom stereocenters. The number of thiophene rings is 1. The number of urea groups is 1. The minimum Gasteiger partial charge on any atom is -0.407 e. The summed E-state index contributed by atoms with van der Waals surface area (Å²) in [7, 11) is 1.74. The molecule has 8 nitrogen and oxygen atoms in total. The minimum absolute atomic E-state index is 0.176. The van der Waals surface area contributed by atoms with Gasteiger partial charge in [0.1, 0.15) is 5.00 Å². The number of nitrogens with two attached hydrogens (primary N) is 2. The first kappa shape index (κ1) is 20.1. The van der Waals surface area contributed by atoms with Crippen molar-refractivity contribution in [2.24, 2.45) is 11.5 Å². The number of nitrogens with one attached hydrogen (secondary N) is 1. The van der Waals surface area contributed by atoms with E-state index >= 15 is 0 Å². The second kappa shape index (κ2) is 9.05. The lowest BCUT2D eigenvalue weighted by Gasteiger charge is -2.23. The number of methoxy groups -OCH3 is 1. The Kier molecular flexibility index (Phi) is 6.50. The summed E-state index contributed by atoms with van der Waals surface area (Å²) in [6.45, 7) is 2.71. The third-order valence-corrected chi connectivity index (χ3v) is 5.71. The molecule has 0 spiro atoms. The van der Waals surface area contributed by atoms with Crippen LogP contribution in [0.3, 0.4) is 0 Å². The molecule has 1 atom stereocenters. The van der Waals surface area contributed by atoms with Crippen molar-refractivity contribution in [1.82, 2.24) is 4.90 Å². The number of hydrogen-bond donors (Lipinski definition) is 3. The molecule has 2 heterocycles. The van der Waals surface area contributed by atoms with Crippen molar-refractivity contribution in [3.8, 4) is 16.2 Å². The molecule has 28 heavy (non-hydrogen) atoms. The van der Waals surface area contributed by atoms with Gasteiger partial charge in [-0.25, -0.2) is 9.59 Å². The first-order valence-corrected chi connectivity index (χ1v) is 9.77. The second-order valence-electron chi connectivity index (χ2n) is 6.63. The molecule has 2 aromatic rings. The van der Waals surface area contributed by atoms with Crippen LogP contribution in [0.2, 0.25) is 0 Å². The Morgan fingerprint density at radius 3 is 2.68 bits per heavy atom. The number of carbonyl (C=O) groups excluding carboxylic acids is 2. The van der Waals surface area contributed by atoms with Gasteiger partial charge in [-0.1, -0.05) is 24.3 Å². The van der Waals surface area contributed by atoms with Crippen LogP contribution in [0.1, 0.15) is 18.4 Å². The van der Waals surface area contributed by atoms with E-state index in [1.54, 1.807) is 13.2 Å². The van der Waals surface area contributed by atoms with Crippen molar-refractivity contribution < 1.29 is 19.1 Å². The van der Waals surface area contributed by atoms with Gasteiger partial charge in [-0.05, 0) is 30.5 Å². The van der Waals surface area contributed by atoms with E-state index in [4.69, 9.17) is 20.9 Å². The molecule has 5 N–H and O–H groups in total. The number of amides is 3. The van der Waals surface area contributed by atoms with Crippen LogP contribution < -0.4 is 21.5 Å². The summed E-state index contributed by atoms with van der Waals surface area (Å²) in [4.78, 5) is 25.5. The maximum absolute atomic E-state index is 11.2. The Labute approximate surface area is 167 Å². The highest BCUT2D eigenvalue weighted by molar-refractivity contribution is 7.20. The summed E-state index contributed by atoms with van der Waals surface area (Å²) in [5.74, 6) is 0.176. The predicted octanol–water partition coefficient (Wildman–Crippen LogP) is 2.97. The number of anilines is 1. The molecule has 1 aromatic carbocycles. The van der Waals surface area contributed by atoms with E-state index in [9.17, 15) is 9.59 Å². The van der Waals surface area contributed by atoms with Crippen LogP contribution in [0.5, 0.6) is 5.75 Å². The number of primary amides is 2. The topological polar surface area (TPSA) is 120 Å². The van der Waals surface area contributed by atoms with Gasteiger partial charge in [0.2, 0.25) is 0 Å². The average Bonchev–Trinajstić information content (AvgIpc) is 3.23. The molecule has 3 rings (SSSR count). The van der Waals surface area contributed by atoms with E-state index in [1.807, 2.05) is 12.1 Å². The maximum atomic E-state index is 11.2. The van der Waals surface area contributed by atoms with Gasteiger partial charge in [-0.3, -0.25) is 10.2 Å². The number of likely N-dealkylation sites (tertiary alicyclic amines) is 1. The highest BCUT2D eigenvalue weighted by Crippen LogP contribution is 2.40. The summed E-state index contributed by atoms with van der Waals surface area (Å²) >= 11 is 1.26. The summed E-state index contributed by atoms with van der Waals surface area (Å²) < 4.78 is 10.3. The Balaban J connectivity index is 1.74. The summed E-state index contributed by atoms with van der Waals surface area (Å²) in [5, 5.41) is 2.79. The van der Waals surface area contributed by atoms with E-state index < -0.39 is 12.1 Å². The number of benzene rings is 1. The van der Waals surface area contributed by atoms with Gasteiger partial charge in [0, 0.05) is 30.6 Å². The molecule has 1 aromatic heterocycles. The molecule has 150 valence electrons. The Morgan fingerprint density at radius 1 is 1.29 bits per heavy atom. The lowest BCUT2D eigenvalue weighted by molar-refractivity contribution is 0.112. The maximum Gasteiger partial charge on any atom is 0.410 e. The Morgan fingerprint density at radius 2 is 2.04 bits per heavy atom. The SMILES string of the molecule is COC[C@@H]1CCCN1Cc1ccc(-c2cc(OC(N)=O)c(NC(N)=O)s2)cc1. The molecule has 3 amide bonds. The van der Waals surface area contributed by atoms with Crippen LogP contribution in [0.15, 0.2) is 30.3 Å². The van der Waals surface area contributed by atoms with Gasteiger partial charge in [0.25, 0.3) is 0 Å². The zero-order valence-corrected chi connectivity index (χ0v) is 16.5. The summed E-state index contributed by atoms with van der Waals surface area (Å²) in [6.07, 6.45) is 1.40. The highest BCUT2D eigenvalue weighted by Gasteiger charge is 2.24. The molecule has 1 aliphatic rings. The van der Waals surface area contributed by atoms with E-state index in [0.29, 0.717) is 11.0 Å². The smallest absolute Gasteiger partial charge is 0.407 e. The lowest BCUT2D eigenvalue weighted by atomic mass is 10.1. The fourth-order valence-electron chi connectivity index (χ4n) is 3.39.